The highest BCUT2D eigenvalue weighted by Gasteiger charge is 2.17. The van der Waals surface area contributed by atoms with Gasteiger partial charge in [-0.05, 0) is 32.0 Å². The van der Waals surface area contributed by atoms with Crippen molar-refractivity contribution in [3.63, 3.8) is 0 Å². The number of hydrogen-bond donors (Lipinski definition) is 1. The van der Waals surface area contributed by atoms with E-state index in [-0.39, 0.29) is 29.3 Å². The van der Waals surface area contributed by atoms with Gasteiger partial charge in [-0.3, -0.25) is 9.78 Å². The number of pyridine rings is 1. The molecule has 0 aliphatic rings. The van der Waals surface area contributed by atoms with Crippen molar-refractivity contribution >= 4 is 11.8 Å². The SMILES string of the molecule is CC(=O)c1ccccc1C(=O)Oc1ccc(CO[N+](=O)[O-])nc1C.O=[N+]([O-])O. The number of carbonyl (C=O) groups excluding carboxylic acids is 2. The number of esters is 1. The zero-order chi connectivity index (χ0) is 21.3. The van der Waals surface area contributed by atoms with Crippen molar-refractivity contribution in [2.24, 2.45) is 0 Å². The van der Waals surface area contributed by atoms with E-state index in [9.17, 15) is 19.7 Å². The Balaban J connectivity index is 0.000000892. The summed E-state index contributed by atoms with van der Waals surface area (Å²) in [6.07, 6.45) is 0. The van der Waals surface area contributed by atoms with E-state index < -0.39 is 16.1 Å². The highest BCUT2D eigenvalue weighted by atomic mass is 16.9. The maximum atomic E-state index is 12.3. The molecule has 28 heavy (non-hydrogen) atoms. The Morgan fingerprint density at radius 2 is 1.68 bits per heavy atom. The molecule has 2 rings (SSSR count). The van der Waals surface area contributed by atoms with Crippen LogP contribution in [0, 0.1) is 27.2 Å². The predicted molar refractivity (Wildman–Crippen MR) is 90.9 cm³/mol. The Hall–Kier alpha value is -4.09. The lowest BCUT2D eigenvalue weighted by atomic mass is 10.0. The van der Waals surface area contributed by atoms with Crippen molar-refractivity contribution in [3.8, 4) is 5.75 Å². The molecule has 0 aliphatic heterocycles. The van der Waals surface area contributed by atoms with Crippen molar-refractivity contribution in [1.82, 2.24) is 4.98 Å². The van der Waals surface area contributed by atoms with E-state index in [1.54, 1.807) is 25.1 Å². The Kier molecular flexibility index (Phi) is 7.96. The summed E-state index contributed by atoms with van der Waals surface area (Å²) in [7, 11) is 0. The minimum Gasteiger partial charge on any atom is -0.421 e. The van der Waals surface area contributed by atoms with Gasteiger partial charge in [0.25, 0.3) is 10.2 Å². The van der Waals surface area contributed by atoms with E-state index in [4.69, 9.17) is 20.1 Å². The molecule has 1 heterocycles. The normalized spacial score (nSPS) is 9.50. The topological polar surface area (TPSA) is 172 Å². The number of hydrogen-bond acceptors (Lipinski definition) is 9. The van der Waals surface area contributed by atoms with Gasteiger partial charge in [-0.1, -0.05) is 18.2 Å². The largest absolute Gasteiger partial charge is 0.421 e. The Bertz CT molecular complexity index is 895. The standard InChI is InChI=1S/C16H14N2O6.HNO3/c1-10-15(8-7-12(17-10)9-23-18(21)22)24-16(20)14-6-4-3-5-13(14)11(2)19;2-1(3)4/h3-8H,9H2,1-2H3;(H,2,3,4). The van der Waals surface area contributed by atoms with Crippen molar-refractivity contribution in [2.45, 2.75) is 20.5 Å². The maximum Gasteiger partial charge on any atom is 0.344 e. The fourth-order valence-electron chi connectivity index (χ4n) is 2.03. The van der Waals surface area contributed by atoms with E-state index in [0.29, 0.717) is 11.4 Å². The molecule has 0 amide bonds. The van der Waals surface area contributed by atoms with Crippen LogP contribution < -0.4 is 4.74 Å². The lowest BCUT2D eigenvalue weighted by Gasteiger charge is -2.10. The highest BCUT2D eigenvalue weighted by molar-refractivity contribution is 6.05. The highest BCUT2D eigenvalue weighted by Crippen LogP contribution is 2.19. The van der Waals surface area contributed by atoms with Gasteiger partial charge in [0.2, 0.25) is 0 Å². The van der Waals surface area contributed by atoms with Crippen LogP contribution in [0.4, 0.5) is 0 Å². The zero-order valence-electron chi connectivity index (χ0n) is 14.7. The zero-order valence-corrected chi connectivity index (χ0v) is 14.7. The Morgan fingerprint density at radius 3 is 2.18 bits per heavy atom. The smallest absolute Gasteiger partial charge is 0.344 e. The maximum absolute atomic E-state index is 12.3. The molecule has 1 aromatic carbocycles. The summed E-state index contributed by atoms with van der Waals surface area (Å²) >= 11 is 0. The molecule has 148 valence electrons. The van der Waals surface area contributed by atoms with E-state index in [1.165, 1.54) is 25.1 Å². The molecule has 12 nitrogen and oxygen atoms in total. The van der Waals surface area contributed by atoms with Crippen LogP contribution in [-0.4, -0.2) is 32.1 Å². The minimum atomic E-state index is -1.50. The molecule has 0 saturated carbocycles. The van der Waals surface area contributed by atoms with Crippen LogP contribution in [0.2, 0.25) is 0 Å². The molecule has 0 fully saturated rings. The summed E-state index contributed by atoms with van der Waals surface area (Å²) < 4.78 is 5.27. The number of ketones is 1. The van der Waals surface area contributed by atoms with Crippen molar-refractivity contribution in [2.75, 3.05) is 0 Å². The van der Waals surface area contributed by atoms with Crippen LogP contribution in [-0.2, 0) is 11.4 Å². The molecule has 0 saturated heterocycles. The fraction of sp³-hybridized carbons (Fsp3) is 0.188. The van der Waals surface area contributed by atoms with Crippen LogP contribution in [0.25, 0.3) is 0 Å². The van der Waals surface area contributed by atoms with Gasteiger partial charge in [-0.25, -0.2) is 4.79 Å². The Labute approximate surface area is 157 Å². The Morgan fingerprint density at radius 1 is 1.11 bits per heavy atom. The summed E-state index contributed by atoms with van der Waals surface area (Å²) in [5.74, 6) is -0.729. The molecule has 0 radical (unpaired) electrons. The van der Waals surface area contributed by atoms with E-state index in [0.717, 1.165) is 0 Å². The second-order valence-corrected chi connectivity index (χ2v) is 5.11. The van der Waals surface area contributed by atoms with Gasteiger partial charge in [0.05, 0.1) is 17.0 Å². The van der Waals surface area contributed by atoms with E-state index in [2.05, 4.69) is 9.82 Å². The number of aromatic nitrogens is 1. The first-order valence-electron chi connectivity index (χ1n) is 7.51. The van der Waals surface area contributed by atoms with Crippen molar-refractivity contribution in [3.05, 3.63) is 79.1 Å². The van der Waals surface area contributed by atoms with Crippen molar-refractivity contribution in [1.29, 1.82) is 0 Å². The van der Waals surface area contributed by atoms with Gasteiger partial charge in [-0.15, -0.1) is 20.2 Å². The summed E-state index contributed by atoms with van der Waals surface area (Å²) in [6, 6.07) is 9.26. The molecule has 0 spiro atoms. The van der Waals surface area contributed by atoms with Crippen LogP contribution in [0.3, 0.4) is 0 Å². The van der Waals surface area contributed by atoms with Crippen LogP contribution in [0.15, 0.2) is 36.4 Å². The number of carbonyl (C=O) groups is 2. The third-order valence-electron chi connectivity index (χ3n) is 3.14. The number of nitrogens with zero attached hydrogens (tertiary/aromatic N) is 3. The average Bonchev–Trinajstić information content (AvgIpc) is 2.61. The first-order valence-corrected chi connectivity index (χ1v) is 7.51. The van der Waals surface area contributed by atoms with Crippen LogP contribution in [0.5, 0.6) is 5.75 Å². The third-order valence-corrected chi connectivity index (χ3v) is 3.14. The summed E-state index contributed by atoms with van der Waals surface area (Å²) in [5.41, 5.74) is 1.12. The molecule has 0 aliphatic carbocycles. The quantitative estimate of drug-likeness (QED) is 0.331. The molecule has 1 N–H and O–H groups in total. The first-order chi connectivity index (χ1) is 13.1. The van der Waals surface area contributed by atoms with Crippen molar-refractivity contribution < 1.29 is 34.5 Å². The lowest BCUT2D eigenvalue weighted by molar-refractivity contribution is -0.763. The van der Waals surface area contributed by atoms with Crippen LogP contribution in [0.1, 0.15) is 39.0 Å². The number of rotatable bonds is 6. The number of aryl methyl sites for hydroxylation is 1. The average molecular weight is 393 g/mol. The third kappa shape index (κ3) is 7.03. The predicted octanol–water partition coefficient (Wildman–Crippen LogP) is 2.17. The van der Waals surface area contributed by atoms with Gasteiger partial charge in [0, 0.05) is 5.56 Å². The number of benzene rings is 1. The summed E-state index contributed by atoms with van der Waals surface area (Å²) in [4.78, 5) is 50.7. The lowest BCUT2D eigenvalue weighted by Crippen LogP contribution is -2.14. The van der Waals surface area contributed by atoms with E-state index in [1.807, 2.05) is 0 Å². The summed E-state index contributed by atoms with van der Waals surface area (Å²) in [6.45, 7) is 2.66. The molecular weight excluding hydrogens is 378 g/mol. The molecule has 12 heteroatoms. The van der Waals surface area contributed by atoms with Gasteiger partial charge >= 0.3 is 5.97 Å². The van der Waals surface area contributed by atoms with E-state index >= 15 is 0 Å². The van der Waals surface area contributed by atoms with Gasteiger partial charge < -0.3 is 14.8 Å². The van der Waals surface area contributed by atoms with Gasteiger partial charge in [-0.2, -0.15) is 0 Å². The molecule has 0 atom stereocenters. The number of ether oxygens (including phenoxy) is 1. The molecule has 2 aromatic rings. The minimum absolute atomic E-state index is 0.158. The fourth-order valence-corrected chi connectivity index (χ4v) is 2.03. The van der Waals surface area contributed by atoms with Gasteiger partial charge in [0.1, 0.15) is 6.61 Å². The molecule has 0 bridgehead atoms. The van der Waals surface area contributed by atoms with Gasteiger partial charge in [0.15, 0.2) is 11.5 Å². The second kappa shape index (κ2) is 10.2. The number of Topliss-reactive ketones (excluding diaryl/α,β-unsaturated/α-hetero) is 1. The molecule has 0 unspecified atom stereocenters. The molecule has 1 aromatic heterocycles. The molecular formula is C16H15N3O9. The summed E-state index contributed by atoms with van der Waals surface area (Å²) in [5, 5.41) is 22.9. The second-order valence-electron chi connectivity index (χ2n) is 5.11. The monoisotopic (exact) mass is 393 g/mol. The first kappa shape index (κ1) is 22.0. The van der Waals surface area contributed by atoms with Crippen LogP contribution >= 0.6 is 0 Å².